The maximum absolute atomic E-state index is 13.4. The molecule has 1 unspecified atom stereocenters. The summed E-state index contributed by atoms with van der Waals surface area (Å²) >= 11 is 0. The molecule has 5 heteroatoms. The molecule has 1 amide bonds. The highest BCUT2D eigenvalue weighted by molar-refractivity contribution is 7.89. The van der Waals surface area contributed by atoms with E-state index in [0.717, 1.165) is 21.0 Å². The summed E-state index contributed by atoms with van der Waals surface area (Å²) < 4.78 is 27.8. The molecule has 1 aliphatic heterocycles. The van der Waals surface area contributed by atoms with E-state index in [0.29, 0.717) is 11.1 Å². The number of sulfonamides is 1. The lowest BCUT2D eigenvalue weighted by atomic mass is 9.98. The lowest BCUT2D eigenvalue weighted by Gasteiger charge is -2.25. The van der Waals surface area contributed by atoms with Gasteiger partial charge >= 0.3 is 0 Å². The van der Waals surface area contributed by atoms with Gasteiger partial charge in [-0.05, 0) is 43.2 Å². The maximum Gasteiger partial charge on any atom is 0.268 e. The van der Waals surface area contributed by atoms with Crippen LogP contribution in [0.15, 0.2) is 77.7 Å². The summed E-state index contributed by atoms with van der Waals surface area (Å²) in [6.07, 6.45) is 0. The van der Waals surface area contributed by atoms with Crippen LogP contribution in [0.1, 0.15) is 38.7 Å². The van der Waals surface area contributed by atoms with Gasteiger partial charge < -0.3 is 0 Å². The SMILES string of the molecule is Cc1ccc(C2c3ccccc3C(=O)N2S(=O)(=O)c2ccc(C)cc2)cc1. The van der Waals surface area contributed by atoms with Gasteiger partial charge in [0.2, 0.25) is 0 Å². The highest BCUT2D eigenvalue weighted by atomic mass is 32.2. The molecule has 1 heterocycles. The minimum Gasteiger partial charge on any atom is -0.268 e. The van der Waals surface area contributed by atoms with Crippen LogP contribution in [0, 0.1) is 13.8 Å². The van der Waals surface area contributed by atoms with Gasteiger partial charge in [-0.1, -0.05) is 65.7 Å². The minimum atomic E-state index is -4.00. The molecule has 0 saturated heterocycles. The minimum absolute atomic E-state index is 0.117. The Labute approximate surface area is 159 Å². The van der Waals surface area contributed by atoms with Crippen LogP contribution < -0.4 is 0 Å². The van der Waals surface area contributed by atoms with Crippen molar-refractivity contribution in [3.8, 4) is 0 Å². The Hall–Kier alpha value is -2.92. The Morgan fingerprint density at radius 2 is 1.33 bits per heavy atom. The molecule has 0 radical (unpaired) electrons. The van der Waals surface area contributed by atoms with E-state index in [-0.39, 0.29) is 4.90 Å². The zero-order valence-electron chi connectivity index (χ0n) is 15.1. The first kappa shape index (κ1) is 17.5. The Balaban J connectivity index is 1.91. The molecule has 0 bridgehead atoms. The number of fused-ring (bicyclic) bond motifs is 1. The van der Waals surface area contributed by atoms with Gasteiger partial charge in [0, 0.05) is 5.56 Å². The van der Waals surface area contributed by atoms with Gasteiger partial charge in [-0.25, -0.2) is 12.7 Å². The first-order valence-electron chi connectivity index (χ1n) is 8.70. The number of rotatable bonds is 3. The van der Waals surface area contributed by atoms with Crippen LogP contribution in [0.3, 0.4) is 0 Å². The summed E-state index contributed by atoms with van der Waals surface area (Å²) in [7, 11) is -4.00. The van der Waals surface area contributed by atoms with Crippen LogP contribution in [0.4, 0.5) is 0 Å². The molecule has 0 spiro atoms. The number of carbonyl (C=O) groups excluding carboxylic acids is 1. The van der Waals surface area contributed by atoms with Crippen molar-refractivity contribution in [2.24, 2.45) is 0 Å². The topological polar surface area (TPSA) is 54.5 Å². The van der Waals surface area contributed by atoms with Crippen LogP contribution in [-0.4, -0.2) is 18.6 Å². The van der Waals surface area contributed by atoms with Crippen LogP contribution in [0.5, 0.6) is 0 Å². The molecular formula is C22H19NO3S. The van der Waals surface area contributed by atoms with Crippen molar-refractivity contribution in [3.05, 3.63) is 101 Å². The molecule has 0 saturated carbocycles. The normalized spacial score (nSPS) is 16.4. The molecule has 0 aromatic heterocycles. The zero-order chi connectivity index (χ0) is 19.2. The second-order valence-electron chi connectivity index (χ2n) is 6.82. The van der Waals surface area contributed by atoms with E-state index in [1.807, 2.05) is 50.2 Å². The highest BCUT2D eigenvalue weighted by Crippen LogP contribution is 2.41. The van der Waals surface area contributed by atoms with Crippen LogP contribution in [0.2, 0.25) is 0 Å². The number of aryl methyl sites for hydroxylation is 2. The average Bonchev–Trinajstić information content (AvgIpc) is 2.96. The summed E-state index contributed by atoms with van der Waals surface area (Å²) in [5.41, 5.74) is 3.94. The molecule has 0 aliphatic carbocycles. The third-order valence-corrected chi connectivity index (χ3v) is 6.65. The van der Waals surface area contributed by atoms with Crippen LogP contribution in [0.25, 0.3) is 0 Å². The van der Waals surface area contributed by atoms with Crippen molar-refractivity contribution in [1.29, 1.82) is 0 Å². The molecule has 4 nitrogen and oxygen atoms in total. The number of nitrogens with zero attached hydrogens (tertiary/aromatic N) is 1. The van der Waals surface area contributed by atoms with E-state index in [1.165, 1.54) is 0 Å². The van der Waals surface area contributed by atoms with Crippen molar-refractivity contribution in [2.75, 3.05) is 0 Å². The molecule has 27 heavy (non-hydrogen) atoms. The van der Waals surface area contributed by atoms with Gasteiger partial charge in [-0.2, -0.15) is 0 Å². The number of hydrogen-bond donors (Lipinski definition) is 0. The van der Waals surface area contributed by atoms with E-state index < -0.39 is 22.0 Å². The highest BCUT2D eigenvalue weighted by Gasteiger charge is 2.45. The average molecular weight is 377 g/mol. The summed E-state index contributed by atoms with van der Waals surface area (Å²) in [5.74, 6) is -0.489. The number of amides is 1. The summed E-state index contributed by atoms with van der Waals surface area (Å²) in [6, 6.07) is 20.6. The largest absolute Gasteiger partial charge is 0.268 e. The molecule has 4 rings (SSSR count). The molecule has 136 valence electrons. The van der Waals surface area contributed by atoms with Crippen LogP contribution in [-0.2, 0) is 10.0 Å². The maximum atomic E-state index is 13.4. The summed E-state index contributed by atoms with van der Waals surface area (Å²) in [4.78, 5) is 13.2. The fraction of sp³-hybridized carbons (Fsp3) is 0.136. The molecule has 1 atom stereocenters. The van der Waals surface area contributed by atoms with Crippen molar-refractivity contribution < 1.29 is 13.2 Å². The lowest BCUT2D eigenvalue weighted by Crippen LogP contribution is -2.35. The van der Waals surface area contributed by atoms with E-state index in [1.54, 1.807) is 36.4 Å². The lowest BCUT2D eigenvalue weighted by molar-refractivity contribution is 0.0865. The standard InChI is InChI=1S/C22H19NO3S/c1-15-7-11-17(12-8-15)21-19-5-3-4-6-20(19)22(24)23(21)27(25,26)18-13-9-16(2)10-14-18/h3-14,21H,1-2H3. The predicted molar refractivity (Wildman–Crippen MR) is 104 cm³/mol. The van der Waals surface area contributed by atoms with Gasteiger partial charge in [-0.15, -0.1) is 0 Å². The Bertz CT molecular complexity index is 1120. The molecule has 3 aromatic carbocycles. The molecule has 1 aliphatic rings. The monoisotopic (exact) mass is 377 g/mol. The third kappa shape index (κ3) is 2.84. The van der Waals surface area contributed by atoms with Crippen molar-refractivity contribution in [2.45, 2.75) is 24.8 Å². The van der Waals surface area contributed by atoms with E-state index in [9.17, 15) is 13.2 Å². The molecule has 0 fully saturated rings. The van der Waals surface area contributed by atoms with Crippen molar-refractivity contribution in [3.63, 3.8) is 0 Å². The second kappa shape index (κ2) is 6.35. The van der Waals surface area contributed by atoms with E-state index in [4.69, 9.17) is 0 Å². The Morgan fingerprint density at radius 3 is 1.96 bits per heavy atom. The van der Waals surface area contributed by atoms with E-state index in [2.05, 4.69) is 0 Å². The Morgan fingerprint density at radius 1 is 0.778 bits per heavy atom. The van der Waals surface area contributed by atoms with Gasteiger partial charge in [0.05, 0.1) is 10.9 Å². The summed E-state index contributed by atoms with van der Waals surface area (Å²) in [5, 5.41) is 0. The second-order valence-corrected chi connectivity index (χ2v) is 8.63. The molecule has 3 aromatic rings. The first-order valence-corrected chi connectivity index (χ1v) is 10.1. The smallest absolute Gasteiger partial charge is 0.268 e. The predicted octanol–water partition coefficient (Wildman–Crippen LogP) is 4.24. The Kier molecular flexibility index (Phi) is 4.12. The number of benzene rings is 3. The van der Waals surface area contributed by atoms with Gasteiger partial charge in [-0.3, -0.25) is 4.79 Å². The van der Waals surface area contributed by atoms with Gasteiger partial charge in [0.1, 0.15) is 0 Å². The molecular weight excluding hydrogens is 358 g/mol. The third-order valence-electron chi connectivity index (χ3n) is 4.89. The first-order chi connectivity index (χ1) is 12.9. The van der Waals surface area contributed by atoms with Gasteiger partial charge in [0.25, 0.3) is 15.9 Å². The number of carbonyl (C=O) groups is 1. The summed E-state index contributed by atoms with van der Waals surface area (Å²) in [6.45, 7) is 3.86. The fourth-order valence-corrected chi connectivity index (χ4v) is 4.96. The quantitative estimate of drug-likeness (QED) is 0.686. The molecule has 0 N–H and O–H groups in total. The van der Waals surface area contributed by atoms with Crippen molar-refractivity contribution >= 4 is 15.9 Å². The number of hydrogen-bond acceptors (Lipinski definition) is 3. The fourth-order valence-electron chi connectivity index (χ4n) is 3.43. The van der Waals surface area contributed by atoms with Crippen molar-refractivity contribution in [1.82, 2.24) is 4.31 Å². The zero-order valence-corrected chi connectivity index (χ0v) is 15.9. The van der Waals surface area contributed by atoms with Gasteiger partial charge in [0.15, 0.2) is 0 Å². The van der Waals surface area contributed by atoms with E-state index >= 15 is 0 Å². The van der Waals surface area contributed by atoms with Crippen LogP contribution >= 0.6 is 0 Å².